The summed E-state index contributed by atoms with van der Waals surface area (Å²) >= 11 is 6.38. The maximum Gasteiger partial charge on any atom is 0.0834 e. The second-order valence-corrected chi connectivity index (χ2v) is 5.57. The molecule has 2 aromatic rings. The van der Waals surface area contributed by atoms with Crippen molar-refractivity contribution in [2.75, 3.05) is 6.54 Å². The molecule has 0 aliphatic heterocycles. The highest BCUT2D eigenvalue weighted by Gasteiger charge is 2.20. The minimum Gasteiger partial charge on any atom is -0.308 e. The molecule has 0 fully saturated rings. The molecule has 1 atom stereocenters. The van der Waals surface area contributed by atoms with Gasteiger partial charge in [-0.3, -0.25) is 9.67 Å². The molecular formula is C16H23ClN4. The highest BCUT2D eigenvalue weighted by molar-refractivity contribution is 6.31. The zero-order valence-electron chi connectivity index (χ0n) is 12.7. The highest BCUT2D eigenvalue weighted by atomic mass is 35.5. The summed E-state index contributed by atoms with van der Waals surface area (Å²) in [5, 5.41) is 8.74. The summed E-state index contributed by atoms with van der Waals surface area (Å²) in [6.45, 7) is 6.17. The van der Waals surface area contributed by atoms with E-state index < -0.39 is 0 Å². The number of aryl methyl sites for hydroxylation is 1. The lowest BCUT2D eigenvalue weighted by Crippen LogP contribution is -2.27. The number of hydrogen-bond acceptors (Lipinski definition) is 3. The van der Waals surface area contributed by atoms with Gasteiger partial charge in [0.25, 0.3) is 0 Å². The lowest BCUT2D eigenvalue weighted by molar-refractivity contribution is 0.468. The first-order valence-electron chi connectivity index (χ1n) is 7.59. The molecule has 0 bridgehead atoms. The van der Waals surface area contributed by atoms with Crippen molar-refractivity contribution in [2.24, 2.45) is 0 Å². The lowest BCUT2D eigenvalue weighted by atomic mass is 10.0. The summed E-state index contributed by atoms with van der Waals surface area (Å²) in [5.41, 5.74) is 2.34. The van der Waals surface area contributed by atoms with E-state index >= 15 is 0 Å². The fourth-order valence-electron chi connectivity index (χ4n) is 2.45. The number of hydrogen-bond donors (Lipinski definition) is 1. The minimum absolute atomic E-state index is 0.175. The molecule has 0 amide bonds. The van der Waals surface area contributed by atoms with Gasteiger partial charge in [0.05, 0.1) is 23.0 Å². The van der Waals surface area contributed by atoms with E-state index in [2.05, 4.69) is 41.4 Å². The largest absolute Gasteiger partial charge is 0.308 e. The molecule has 0 radical (unpaired) electrons. The minimum atomic E-state index is 0.175. The van der Waals surface area contributed by atoms with Crippen molar-refractivity contribution < 1.29 is 0 Å². The van der Waals surface area contributed by atoms with Crippen molar-refractivity contribution in [2.45, 2.75) is 45.7 Å². The van der Waals surface area contributed by atoms with Gasteiger partial charge < -0.3 is 5.32 Å². The Labute approximate surface area is 131 Å². The molecule has 4 nitrogen and oxygen atoms in total. The number of halogens is 1. The van der Waals surface area contributed by atoms with E-state index in [4.69, 9.17) is 11.6 Å². The number of nitrogens with one attached hydrogen (secondary N) is 1. The zero-order valence-corrected chi connectivity index (χ0v) is 13.5. The van der Waals surface area contributed by atoms with E-state index in [-0.39, 0.29) is 6.04 Å². The molecule has 21 heavy (non-hydrogen) atoms. The van der Waals surface area contributed by atoms with Crippen molar-refractivity contribution in [3.05, 3.63) is 47.0 Å². The first-order valence-corrected chi connectivity index (χ1v) is 7.97. The van der Waals surface area contributed by atoms with Gasteiger partial charge in [-0.1, -0.05) is 25.4 Å². The van der Waals surface area contributed by atoms with Gasteiger partial charge in [0.1, 0.15) is 0 Å². The van der Waals surface area contributed by atoms with Gasteiger partial charge in [-0.15, -0.1) is 0 Å². The predicted octanol–water partition coefficient (Wildman–Crippen LogP) is 3.62. The van der Waals surface area contributed by atoms with E-state index in [0.717, 1.165) is 43.1 Å². The van der Waals surface area contributed by atoms with Crippen molar-refractivity contribution in [3.63, 3.8) is 0 Å². The smallest absolute Gasteiger partial charge is 0.0834 e. The second-order valence-electron chi connectivity index (χ2n) is 5.17. The molecule has 2 rings (SSSR count). The fraction of sp³-hybridized carbons (Fsp3) is 0.500. The molecule has 1 N–H and O–H groups in total. The van der Waals surface area contributed by atoms with Crippen molar-refractivity contribution in [3.8, 4) is 0 Å². The third-order valence-electron chi connectivity index (χ3n) is 3.43. The number of nitrogens with zero attached hydrogens (tertiary/aromatic N) is 3. The predicted molar refractivity (Wildman–Crippen MR) is 86.5 cm³/mol. The van der Waals surface area contributed by atoms with E-state index in [9.17, 15) is 0 Å². The van der Waals surface area contributed by atoms with Gasteiger partial charge in [-0.2, -0.15) is 5.10 Å². The molecular weight excluding hydrogens is 284 g/mol. The van der Waals surface area contributed by atoms with E-state index in [1.165, 1.54) is 5.56 Å². The molecule has 114 valence electrons. The van der Waals surface area contributed by atoms with Crippen LogP contribution in [0.4, 0.5) is 0 Å². The quantitative estimate of drug-likeness (QED) is 0.810. The topological polar surface area (TPSA) is 42.7 Å². The first kappa shape index (κ1) is 16.0. The van der Waals surface area contributed by atoms with Crippen LogP contribution in [0.3, 0.4) is 0 Å². The van der Waals surface area contributed by atoms with Crippen LogP contribution in [0.1, 0.15) is 44.0 Å². The average molecular weight is 307 g/mol. The van der Waals surface area contributed by atoms with Crippen LogP contribution in [-0.4, -0.2) is 21.3 Å². The van der Waals surface area contributed by atoms with Gasteiger partial charge in [-0.05, 0) is 43.5 Å². The Morgan fingerprint density at radius 2 is 2.00 bits per heavy atom. The molecule has 0 aromatic carbocycles. The number of rotatable bonds is 8. The monoisotopic (exact) mass is 306 g/mol. The Hall–Kier alpha value is -1.39. The fourth-order valence-corrected chi connectivity index (χ4v) is 2.72. The zero-order chi connectivity index (χ0) is 15.1. The molecule has 2 aromatic heterocycles. The SMILES string of the molecule is CCCNC(Cc1ccncc1)c1c(Cl)cnn1CCC. The number of pyridine rings is 1. The van der Waals surface area contributed by atoms with Gasteiger partial charge in [0, 0.05) is 18.9 Å². The van der Waals surface area contributed by atoms with Crippen LogP contribution in [0.25, 0.3) is 0 Å². The van der Waals surface area contributed by atoms with Crippen LogP contribution in [-0.2, 0) is 13.0 Å². The standard InChI is InChI=1S/C16H23ClN4/c1-3-7-19-15(11-13-5-8-18-9-6-13)16-14(17)12-20-21(16)10-4-2/h5-6,8-9,12,15,19H,3-4,7,10-11H2,1-2H3. The first-order chi connectivity index (χ1) is 10.3. The van der Waals surface area contributed by atoms with Crippen LogP contribution in [0.5, 0.6) is 0 Å². The Bertz CT molecular complexity index is 538. The normalized spacial score (nSPS) is 12.5. The molecule has 5 heteroatoms. The van der Waals surface area contributed by atoms with Crippen LogP contribution in [0.15, 0.2) is 30.7 Å². The molecule has 0 spiro atoms. The van der Waals surface area contributed by atoms with Crippen LogP contribution in [0, 0.1) is 0 Å². The Balaban J connectivity index is 2.25. The van der Waals surface area contributed by atoms with Gasteiger partial charge in [-0.25, -0.2) is 0 Å². The maximum absolute atomic E-state index is 6.38. The van der Waals surface area contributed by atoms with E-state index in [0.29, 0.717) is 0 Å². The summed E-state index contributed by atoms with van der Waals surface area (Å²) in [7, 11) is 0. The summed E-state index contributed by atoms with van der Waals surface area (Å²) in [5.74, 6) is 0. The molecule has 0 saturated heterocycles. The van der Waals surface area contributed by atoms with Crippen molar-refractivity contribution in [1.82, 2.24) is 20.1 Å². The van der Waals surface area contributed by atoms with Crippen molar-refractivity contribution in [1.29, 1.82) is 0 Å². The Morgan fingerprint density at radius 1 is 1.24 bits per heavy atom. The highest BCUT2D eigenvalue weighted by Crippen LogP contribution is 2.26. The van der Waals surface area contributed by atoms with Crippen LogP contribution >= 0.6 is 11.6 Å². The maximum atomic E-state index is 6.38. The van der Waals surface area contributed by atoms with Gasteiger partial charge in [0.2, 0.25) is 0 Å². The van der Waals surface area contributed by atoms with Crippen LogP contribution < -0.4 is 5.32 Å². The molecule has 2 heterocycles. The van der Waals surface area contributed by atoms with Crippen LogP contribution in [0.2, 0.25) is 5.02 Å². The van der Waals surface area contributed by atoms with E-state index in [1.54, 1.807) is 6.20 Å². The summed E-state index contributed by atoms with van der Waals surface area (Å²) in [6, 6.07) is 4.28. The molecule has 0 saturated carbocycles. The Morgan fingerprint density at radius 3 is 2.67 bits per heavy atom. The van der Waals surface area contributed by atoms with E-state index in [1.807, 2.05) is 17.1 Å². The van der Waals surface area contributed by atoms with Gasteiger partial charge in [0.15, 0.2) is 0 Å². The third kappa shape index (κ3) is 4.29. The number of aromatic nitrogens is 3. The Kier molecular flexibility index (Phi) is 6.21. The third-order valence-corrected chi connectivity index (χ3v) is 3.72. The lowest BCUT2D eigenvalue weighted by Gasteiger charge is -2.20. The van der Waals surface area contributed by atoms with Gasteiger partial charge >= 0.3 is 0 Å². The molecule has 1 unspecified atom stereocenters. The summed E-state index contributed by atoms with van der Waals surface area (Å²) in [4.78, 5) is 4.08. The molecule has 0 aliphatic rings. The second kappa shape index (κ2) is 8.15. The average Bonchev–Trinajstić information content (AvgIpc) is 2.86. The van der Waals surface area contributed by atoms with Crippen molar-refractivity contribution >= 4 is 11.6 Å². The molecule has 0 aliphatic carbocycles. The summed E-state index contributed by atoms with van der Waals surface area (Å²) in [6.07, 6.45) is 8.43. The summed E-state index contributed by atoms with van der Waals surface area (Å²) < 4.78 is 2.02.